The zero-order valence-corrected chi connectivity index (χ0v) is 13.6. The highest BCUT2D eigenvalue weighted by Gasteiger charge is 2.16. The number of piperidine rings is 1. The van der Waals surface area contributed by atoms with E-state index < -0.39 is 6.04 Å². The third-order valence-electron chi connectivity index (χ3n) is 3.90. The second-order valence-corrected chi connectivity index (χ2v) is 5.85. The van der Waals surface area contributed by atoms with Gasteiger partial charge in [0.05, 0.1) is 6.67 Å². The van der Waals surface area contributed by atoms with Crippen LogP contribution in [0.2, 0.25) is 0 Å². The average Bonchev–Trinajstić information content (AvgIpc) is 2.59. The molecule has 5 nitrogen and oxygen atoms in total. The summed E-state index contributed by atoms with van der Waals surface area (Å²) < 4.78 is 0. The maximum Gasteiger partial charge on any atom is 0.244 e. The normalized spacial score (nSPS) is 16.9. The molecular formula is C18H25N3O2. The van der Waals surface area contributed by atoms with Crippen LogP contribution in [0, 0.1) is 0 Å². The molecule has 5 heteroatoms. The fourth-order valence-electron chi connectivity index (χ4n) is 2.52. The Hall–Kier alpha value is -2.14. The lowest BCUT2D eigenvalue weighted by Gasteiger charge is -2.27. The standard InChI is InChI=1S/C18H25N3O2/c1-15(18(23)19-14-21-12-6-3-7-13-21)20-17(22)11-10-16-8-4-2-5-9-16/h2,4-5,8-11,15H,3,6-7,12-14H2,1H3,(H,19,23)(H,20,22)/b11-10+. The Balaban J connectivity index is 1.71. The first-order valence-electron chi connectivity index (χ1n) is 8.19. The second-order valence-electron chi connectivity index (χ2n) is 5.85. The van der Waals surface area contributed by atoms with Gasteiger partial charge in [-0.2, -0.15) is 0 Å². The molecule has 0 saturated carbocycles. The first kappa shape index (κ1) is 17.2. The minimum atomic E-state index is -0.548. The number of hydrogen-bond acceptors (Lipinski definition) is 3. The summed E-state index contributed by atoms with van der Waals surface area (Å²) in [5, 5.41) is 5.56. The number of carbonyl (C=O) groups is 2. The molecule has 1 unspecified atom stereocenters. The van der Waals surface area contributed by atoms with Crippen LogP contribution in [0.1, 0.15) is 31.7 Å². The van der Waals surface area contributed by atoms with Crippen LogP contribution in [0.25, 0.3) is 6.08 Å². The molecule has 1 aromatic carbocycles. The van der Waals surface area contributed by atoms with Gasteiger partial charge in [-0.3, -0.25) is 14.5 Å². The van der Waals surface area contributed by atoms with Crippen LogP contribution in [0.5, 0.6) is 0 Å². The summed E-state index contributed by atoms with van der Waals surface area (Å²) in [4.78, 5) is 26.1. The highest BCUT2D eigenvalue weighted by Crippen LogP contribution is 2.06. The molecule has 2 rings (SSSR count). The van der Waals surface area contributed by atoms with Crippen molar-refractivity contribution in [3.63, 3.8) is 0 Å². The Labute approximate surface area is 137 Å². The van der Waals surface area contributed by atoms with E-state index in [1.807, 2.05) is 30.3 Å². The van der Waals surface area contributed by atoms with Gasteiger partial charge in [-0.05, 0) is 44.5 Å². The quantitative estimate of drug-likeness (QED) is 0.787. The van der Waals surface area contributed by atoms with Crippen molar-refractivity contribution in [2.75, 3.05) is 19.8 Å². The lowest BCUT2D eigenvalue weighted by molar-refractivity contribution is -0.127. The molecule has 0 aliphatic carbocycles. The number of benzene rings is 1. The highest BCUT2D eigenvalue weighted by atomic mass is 16.2. The van der Waals surface area contributed by atoms with Gasteiger partial charge in [0, 0.05) is 6.08 Å². The van der Waals surface area contributed by atoms with E-state index in [9.17, 15) is 9.59 Å². The fourth-order valence-corrected chi connectivity index (χ4v) is 2.52. The van der Waals surface area contributed by atoms with Crippen LogP contribution in [0.4, 0.5) is 0 Å². The molecule has 2 amide bonds. The molecular weight excluding hydrogens is 290 g/mol. The summed E-state index contributed by atoms with van der Waals surface area (Å²) in [7, 11) is 0. The predicted octanol–water partition coefficient (Wildman–Crippen LogP) is 1.76. The number of rotatable bonds is 6. The number of nitrogens with one attached hydrogen (secondary N) is 2. The number of amides is 2. The molecule has 1 heterocycles. The van der Waals surface area contributed by atoms with E-state index in [0.29, 0.717) is 6.67 Å². The van der Waals surface area contributed by atoms with Gasteiger partial charge in [0.1, 0.15) is 6.04 Å². The maximum absolute atomic E-state index is 12.0. The molecule has 124 valence electrons. The van der Waals surface area contributed by atoms with Crippen molar-refractivity contribution in [1.82, 2.24) is 15.5 Å². The van der Waals surface area contributed by atoms with E-state index in [2.05, 4.69) is 15.5 Å². The van der Waals surface area contributed by atoms with Gasteiger partial charge in [-0.15, -0.1) is 0 Å². The second kappa shape index (κ2) is 9.10. The van der Waals surface area contributed by atoms with Crippen LogP contribution in [0.3, 0.4) is 0 Å². The largest absolute Gasteiger partial charge is 0.342 e. The van der Waals surface area contributed by atoms with Crippen molar-refractivity contribution < 1.29 is 9.59 Å². The van der Waals surface area contributed by atoms with Gasteiger partial charge in [-0.25, -0.2) is 0 Å². The van der Waals surface area contributed by atoms with E-state index >= 15 is 0 Å². The first-order chi connectivity index (χ1) is 11.1. The Kier molecular flexibility index (Phi) is 6.81. The van der Waals surface area contributed by atoms with Crippen LogP contribution in [0.15, 0.2) is 36.4 Å². The van der Waals surface area contributed by atoms with Crippen molar-refractivity contribution in [2.45, 2.75) is 32.2 Å². The van der Waals surface area contributed by atoms with E-state index in [1.165, 1.54) is 25.3 Å². The maximum atomic E-state index is 12.0. The molecule has 1 atom stereocenters. The van der Waals surface area contributed by atoms with Crippen LogP contribution < -0.4 is 10.6 Å². The van der Waals surface area contributed by atoms with E-state index in [-0.39, 0.29) is 11.8 Å². The van der Waals surface area contributed by atoms with Gasteiger partial charge in [-0.1, -0.05) is 36.8 Å². The summed E-state index contributed by atoms with van der Waals surface area (Å²) in [5.74, 6) is -0.425. The monoisotopic (exact) mass is 315 g/mol. The smallest absolute Gasteiger partial charge is 0.244 e. The highest BCUT2D eigenvalue weighted by molar-refractivity contribution is 5.95. The molecule has 1 aliphatic heterocycles. The van der Waals surface area contributed by atoms with Gasteiger partial charge in [0.2, 0.25) is 11.8 Å². The van der Waals surface area contributed by atoms with Crippen LogP contribution in [-0.2, 0) is 9.59 Å². The zero-order valence-electron chi connectivity index (χ0n) is 13.6. The third kappa shape index (κ3) is 6.24. The van der Waals surface area contributed by atoms with Crippen molar-refractivity contribution in [3.8, 4) is 0 Å². The Morgan fingerprint density at radius 2 is 1.87 bits per heavy atom. The molecule has 1 fully saturated rings. The van der Waals surface area contributed by atoms with Crippen molar-refractivity contribution >= 4 is 17.9 Å². The average molecular weight is 315 g/mol. The molecule has 0 aromatic heterocycles. The van der Waals surface area contributed by atoms with Gasteiger partial charge in [0.15, 0.2) is 0 Å². The SMILES string of the molecule is CC(NC(=O)/C=C/c1ccccc1)C(=O)NCN1CCCCC1. The molecule has 1 aromatic rings. The molecule has 2 N–H and O–H groups in total. The first-order valence-corrected chi connectivity index (χ1v) is 8.19. The van der Waals surface area contributed by atoms with E-state index in [1.54, 1.807) is 13.0 Å². The van der Waals surface area contributed by atoms with Gasteiger partial charge >= 0.3 is 0 Å². The third-order valence-corrected chi connectivity index (χ3v) is 3.90. The van der Waals surface area contributed by atoms with E-state index in [4.69, 9.17) is 0 Å². The molecule has 1 aliphatic rings. The minimum Gasteiger partial charge on any atom is -0.342 e. The molecule has 0 bridgehead atoms. The van der Waals surface area contributed by atoms with Crippen molar-refractivity contribution in [1.29, 1.82) is 0 Å². The number of nitrogens with zero attached hydrogens (tertiary/aromatic N) is 1. The van der Waals surface area contributed by atoms with Crippen molar-refractivity contribution in [3.05, 3.63) is 42.0 Å². The zero-order chi connectivity index (χ0) is 16.5. The number of likely N-dealkylation sites (tertiary alicyclic amines) is 1. The summed E-state index contributed by atoms with van der Waals surface area (Å²) in [5.41, 5.74) is 0.949. The van der Waals surface area contributed by atoms with Gasteiger partial charge < -0.3 is 10.6 Å². The Morgan fingerprint density at radius 1 is 1.17 bits per heavy atom. The molecule has 23 heavy (non-hydrogen) atoms. The Bertz CT molecular complexity index is 536. The lowest BCUT2D eigenvalue weighted by Crippen LogP contribution is -2.48. The fraction of sp³-hybridized carbons (Fsp3) is 0.444. The predicted molar refractivity (Wildman–Crippen MR) is 91.5 cm³/mol. The summed E-state index contributed by atoms with van der Waals surface area (Å²) in [6.07, 6.45) is 6.82. The lowest BCUT2D eigenvalue weighted by atomic mass is 10.1. The Morgan fingerprint density at radius 3 is 2.57 bits per heavy atom. The number of carbonyl (C=O) groups excluding carboxylic acids is 2. The van der Waals surface area contributed by atoms with Crippen molar-refractivity contribution in [2.24, 2.45) is 0 Å². The number of hydrogen-bond donors (Lipinski definition) is 2. The molecule has 1 saturated heterocycles. The molecule has 0 spiro atoms. The molecule has 0 radical (unpaired) electrons. The van der Waals surface area contributed by atoms with Crippen LogP contribution >= 0.6 is 0 Å². The minimum absolute atomic E-state index is 0.156. The van der Waals surface area contributed by atoms with Crippen LogP contribution in [-0.4, -0.2) is 42.5 Å². The van der Waals surface area contributed by atoms with Gasteiger partial charge in [0.25, 0.3) is 0 Å². The summed E-state index contributed by atoms with van der Waals surface area (Å²) in [6.45, 7) is 4.31. The summed E-state index contributed by atoms with van der Waals surface area (Å²) >= 11 is 0. The summed E-state index contributed by atoms with van der Waals surface area (Å²) in [6, 6.07) is 9.03. The topological polar surface area (TPSA) is 61.4 Å². The van der Waals surface area contributed by atoms with E-state index in [0.717, 1.165) is 18.7 Å².